The van der Waals surface area contributed by atoms with Crippen molar-refractivity contribution in [3.63, 3.8) is 0 Å². The lowest BCUT2D eigenvalue weighted by atomic mass is 10.1. The van der Waals surface area contributed by atoms with Crippen LogP contribution in [-0.4, -0.2) is 62.9 Å². The minimum absolute atomic E-state index is 0.145. The van der Waals surface area contributed by atoms with Crippen LogP contribution < -0.4 is 0 Å². The maximum atomic E-state index is 12.6. The van der Waals surface area contributed by atoms with Gasteiger partial charge in [-0.25, -0.2) is 4.79 Å². The zero-order valence-corrected chi connectivity index (χ0v) is 13.6. The van der Waals surface area contributed by atoms with Gasteiger partial charge in [0.15, 0.2) is 0 Å². The third kappa shape index (κ3) is 3.10. The minimum Gasteiger partial charge on any atom is -0.317 e. The summed E-state index contributed by atoms with van der Waals surface area (Å²) < 4.78 is 0. The molecule has 6 nitrogen and oxygen atoms in total. The standard InChI is InChI=1S/C18H21N5O/c24-18-22(12-16-5-1-2-7-20-16)14-17-13-21(8-9-23(17)18)11-15-4-3-6-19-10-15/h1-7,10,17H,8-9,11-14H2. The van der Waals surface area contributed by atoms with Crippen LogP contribution in [0.15, 0.2) is 48.9 Å². The van der Waals surface area contributed by atoms with E-state index in [0.717, 1.165) is 38.4 Å². The molecule has 2 aliphatic heterocycles. The smallest absolute Gasteiger partial charge is 0.317 e. The van der Waals surface area contributed by atoms with Gasteiger partial charge in [0.1, 0.15) is 0 Å². The molecule has 0 radical (unpaired) electrons. The average Bonchev–Trinajstić information content (AvgIpc) is 2.92. The first-order valence-electron chi connectivity index (χ1n) is 8.36. The SMILES string of the molecule is O=C1N(Cc2ccccn2)CC2CN(Cc3cccnc3)CCN12. The summed E-state index contributed by atoms with van der Waals surface area (Å²) >= 11 is 0. The Balaban J connectivity index is 1.39. The van der Waals surface area contributed by atoms with Crippen LogP contribution in [0.3, 0.4) is 0 Å². The van der Waals surface area contributed by atoms with Crippen LogP contribution in [0.2, 0.25) is 0 Å². The van der Waals surface area contributed by atoms with Crippen molar-refractivity contribution in [2.24, 2.45) is 0 Å². The second-order valence-electron chi connectivity index (χ2n) is 6.43. The maximum absolute atomic E-state index is 12.6. The first-order valence-corrected chi connectivity index (χ1v) is 8.36. The molecule has 0 saturated carbocycles. The highest BCUT2D eigenvalue weighted by molar-refractivity contribution is 5.77. The molecule has 2 saturated heterocycles. The fourth-order valence-electron chi connectivity index (χ4n) is 3.55. The van der Waals surface area contributed by atoms with Crippen LogP contribution >= 0.6 is 0 Å². The topological polar surface area (TPSA) is 52.6 Å². The summed E-state index contributed by atoms with van der Waals surface area (Å²) in [6.07, 6.45) is 5.49. The number of piperazine rings is 1. The number of rotatable bonds is 4. The Morgan fingerprint density at radius 1 is 1.04 bits per heavy atom. The lowest BCUT2D eigenvalue weighted by molar-refractivity contribution is 0.116. The Morgan fingerprint density at radius 3 is 2.79 bits per heavy atom. The van der Waals surface area contributed by atoms with Crippen LogP contribution in [0, 0.1) is 0 Å². The molecular formula is C18H21N5O. The van der Waals surface area contributed by atoms with Gasteiger partial charge in [-0.3, -0.25) is 14.9 Å². The summed E-state index contributed by atoms with van der Waals surface area (Å²) in [5, 5.41) is 0. The lowest BCUT2D eigenvalue weighted by Gasteiger charge is -2.36. The molecule has 4 heterocycles. The van der Waals surface area contributed by atoms with Crippen LogP contribution in [0.5, 0.6) is 0 Å². The molecule has 1 unspecified atom stereocenters. The number of amides is 2. The number of nitrogens with zero attached hydrogens (tertiary/aromatic N) is 5. The molecule has 0 aromatic carbocycles. The average molecular weight is 323 g/mol. The fraction of sp³-hybridized carbons (Fsp3) is 0.389. The van der Waals surface area contributed by atoms with Crippen molar-refractivity contribution < 1.29 is 4.79 Å². The summed E-state index contributed by atoms with van der Waals surface area (Å²) in [6.45, 7) is 4.89. The van der Waals surface area contributed by atoms with Crippen LogP contribution in [0.4, 0.5) is 4.79 Å². The number of fused-ring (bicyclic) bond motifs is 1. The molecule has 2 amide bonds. The quantitative estimate of drug-likeness (QED) is 0.857. The van der Waals surface area contributed by atoms with Crippen molar-refractivity contribution in [2.45, 2.75) is 19.1 Å². The molecule has 4 rings (SSSR count). The number of pyridine rings is 2. The number of carbonyl (C=O) groups is 1. The zero-order valence-electron chi connectivity index (χ0n) is 13.6. The van der Waals surface area contributed by atoms with E-state index < -0.39 is 0 Å². The molecule has 2 aliphatic rings. The lowest BCUT2D eigenvalue weighted by Crippen LogP contribution is -2.51. The summed E-state index contributed by atoms with van der Waals surface area (Å²) in [6, 6.07) is 10.3. The molecule has 124 valence electrons. The molecule has 24 heavy (non-hydrogen) atoms. The van der Waals surface area contributed by atoms with E-state index in [1.807, 2.05) is 40.3 Å². The molecular weight excluding hydrogens is 302 g/mol. The molecule has 0 aliphatic carbocycles. The van der Waals surface area contributed by atoms with Crippen LogP contribution in [0.1, 0.15) is 11.3 Å². The Labute approximate surface area is 141 Å². The first-order chi connectivity index (χ1) is 11.8. The molecule has 0 spiro atoms. The normalized spacial score (nSPS) is 21.2. The molecule has 2 aromatic rings. The van der Waals surface area contributed by atoms with Gasteiger partial charge in [0.05, 0.1) is 18.3 Å². The number of hydrogen-bond acceptors (Lipinski definition) is 4. The second-order valence-corrected chi connectivity index (χ2v) is 6.43. The predicted molar refractivity (Wildman–Crippen MR) is 90.1 cm³/mol. The van der Waals surface area contributed by atoms with Gasteiger partial charge in [-0.05, 0) is 23.8 Å². The van der Waals surface area contributed by atoms with Gasteiger partial charge in [0, 0.05) is 51.3 Å². The fourth-order valence-corrected chi connectivity index (χ4v) is 3.55. The maximum Gasteiger partial charge on any atom is 0.320 e. The number of aromatic nitrogens is 2. The molecule has 2 aromatic heterocycles. The number of urea groups is 1. The summed E-state index contributed by atoms with van der Waals surface area (Å²) in [4.78, 5) is 27.5. The second kappa shape index (κ2) is 6.57. The van der Waals surface area contributed by atoms with E-state index >= 15 is 0 Å². The van der Waals surface area contributed by atoms with Gasteiger partial charge < -0.3 is 9.80 Å². The summed E-state index contributed by atoms with van der Waals surface area (Å²) in [5.74, 6) is 0. The Kier molecular flexibility index (Phi) is 4.13. The van der Waals surface area contributed by atoms with Gasteiger partial charge in [-0.1, -0.05) is 12.1 Å². The molecule has 1 atom stereocenters. The van der Waals surface area contributed by atoms with Crippen molar-refractivity contribution in [1.82, 2.24) is 24.7 Å². The van der Waals surface area contributed by atoms with Crippen molar-refractivity contribution in [1.29, 1.82) is 0 Å². The minimum atomic E-state index is 0.145. The highest BCUT2D eigenvalue weighted by Crippen LogP contribution is 2.22. The molecule has 0 bridgehead atoms. The van der Waals surface area contributed by atoms with Gasteiger partial charge in [0.2, 0.25) is 0 Å². The first kappa shape index (κ1) is 15.1. The van der Waals surface area contributed by atoms with E-state index in [1.165, 1.54) is 5.56 Å². The van der Waals surface area contributed by atoms with Crippen molar-refractivity contribution >= 4 is 6.03 Å². The Morgan fingerprint density at radius 2 is 2.00 bits per heavy atom. The van der Waals surface area contributed by atoms with E-state index in [4.69, 9.17) is 0 Å². The van der Waals surface area contributed by atoms with Gasteiger partial charge in [-0.2, -0.15) is 0 Å². The highest BCUT2D eigenvalue weighted by Gasteiger charge is 2.40. The van der Waals surface area contributed by atoms with E-state index in [2.05, 4.69) is 20.9 Å². The van der Waals surface area contributed by atoms with Gasteiger partial charge in [-0.15, -0.1) is 0 Å². The predicted octanol–water partition coefficient (Wildman–Crippen LogP) is 1.60. The number of hydrogen-bond donors (Lipinski definition) is 0. The van der Waals surface area contributed by atoms with E-state index in [0.29, 0.717) is 6.54 Å². The van der Waals surface area contributed by atoms with Crippen LogP contribution in [-0.2, 0) is 13.1 Å². The largest absolute Gasteiger partial charge is 0.320 e. The van der Waals surface area contributed by atoms with Gasteiger partial charge in [0.25, 0.3) is 0 Å². The summed E-state index contributed by atoms with van der Waals surface area (Å²) in [5.41, 5.74) is 2.17. The van der Waals surface area contributed by atoms with Crippen molar-refractivity contribution in [3.05, 3.63) is 60.2 Å². The highest BCUT2D eigenvalue weighted by atomic mass is 16.2. The monoisotopic (exact) mass is 323 g/mol. The van der Waals surface area contributed by atoms with E-state index in [1.54, 1.807) is 12.4 Å². The Hall–Kier alpha value is -2.47. The van der Waals surface area contributed by atoms with Crippen molar-refractivity contribution in [3.8, 4) is 0 Å². The molecule has 2 fully saturated rings. The van der Waals surface area contributed by atoms with Crippen molar-refractivity contribution in [2.75, 3.05) is 26.2 Å². The van der Waals surface area contributed by atoms with E-state index in [9.17, 15) is 4.79 Å². The Bertz CT molecular complexity index is 693. The summed E-state index contributed by atoms with van der Waals surface area (Å²) in [7, 11) is 0. The third-order valence-electron chi connectivity index (χ3n) is 4.72. The van der Waals surface area contributed by atoms with E-state index in [-0.39, 0.29) is 12.1 Å². The third-order valence-corrected chi connectivity index (χ3v) is 4.72. The zero-order chi connectivity index (χ0) is 16.4. The van der Waals surface area contributed by atoms with Gasteiger partial charge >= 0.3 is 6.03 Å². The number of carbonyl (C=O) groups excluding carboxylic acids is 1. The molecule has 0 N–H and O–H groups in total. The molecule has 6 heteroatoms. The van der Waals surface area contributed by atoms with Crippen LogP contribution in [0.25, 0.3) is 0 Å².